The van der Waals surface area contributed by atoms with Crippen LogP contribution >= 0.6 is 0 Å². The third kappa shape index (κ3) is 7.15. The van der Waals surface area contributed by atoms with Gasteiger partial charge < -0.3 is 20.3 Å². The first-order valence-electron chi connectivity index (χ1n) is 10.6. The van der Waals surface area contributed by atoms with E-state index in [1.165, 1.54) is 17.5 Å². The van der Waals surface area contributed by atoms with Gasteiger partial charge in [0.25, 0.3) is 0 Å². The van der Waals surface area contributed by atoms with Crippen LogP contribution < -0.4 is 10.6 Å². The van der Waals surface area contributed by atoms with Crippen molar-refractivity contribution < 1.29 is 4.74 Å². The van der Waals surface area contributed by atoms with Crippen LogP contribution in [0.15, 0.2) is 29.3 Å². The molecule has 152 valence electrons. The molecule has 1 aliphatic rings. The first-order valence-corrected chi connectivity index (χ1v) is 10.6. The Morgan fingerprint density at radius 3 is 2.56 bits per heavy atom. The van der Waals surface area contributed by atoms with Gasteiger partial charge in [0, 0.05) is 38.7 Å². The van der Waals surface area contributed by atoms with E-state index < -0.39 is 0 Å². The normalized spacial score (nSPS) is 20.7. The predicted octanol–water partition coefficient (Wildman–Crippen LogP) is 3.36. The monoisotopic (exact) mass is 374 g/mol. The zero-order valence-electron chi connectivity index (χ0n) is 17.6. The molecule has 2 unspecified atom stereocenters. The van der Waals surface area contributed by atoms with Crippen molar-refractivity contribution in [3.63, 3.8) is 0 Å². The average molecular weight is 375 g/mol. The summed E-state index contributed by atoms with van der Waals surface area (Å²) in [5, 5.41) is 6.85. The van der Waals surface area contributed by atoms with E-state index in [2.05, 4.69) is 67.5 Å². The zero-order valence-corrected chi connectivity index (χ0v) is 17.6. The van der Waals surface area contributed by atoms with Gasteiger partial charge in [0.2, 0.25) is 0 Å². The molecular weight excluding hydrogens is 336 g/mol. The predicted molar refractivity (Wildman–Crippen MR) is 114 cm³/mol. The van der Waals surface area contributed by atoms with Gasteiger partial charge in [0.1, 0.15) is 0 Å². The van der Waals surface area contributed by atoms with E-state index in [1.54, 1.807) is 0 Å². The van der Waals surface area contributed by atoms with Gasteiger partial charge in [0.15, 0.2) is 5.96 Å². The van der Waals surface area contributed by atoms with E-state index in [-0.39, 0.29) is 6.10 Å². The lowest BCUT2D eigenvalue weighted by Gasteiger charge is -2.31. The number of nitrogens with zero attached hydrogens (tertiary/aromatic N) is 2. The molecule has 0 radical (unpaired) electrons. The van der Waals surface area contributed by atoms with Crippen LogP contribution in [0.5, 0.6) is 0 Å². The van der Waals surface area contributed by atoms with E-state index in [1.807, 2.05) is 0 Å². The van der Waals surface area contributed by atoms with Crippen molar-refractivity contribution in [3.8, 4) is 0 Å². The fourth-order valence-electron chi connectivity index (χ4n) is 3.58. The van der Waals surface area contributed by atoms with E-state index in [0.29, 0.717) is 5.92 Å². The molecule has 0 amide bonds. The SMILES string of the molecule is CCNC(=NCC1CCCOC1c1ccc(C)cc1)NCCN(CC)CC. The number of hydrogen-bond acceptors (Lipinski definition) is 3. The Balaban J connectivity index is 1.95. The summed E-state index contributed by atoms with van der Waals surface area (Å²) < 4.78 is 6.13. The van der Waals surface area contributed by atoms with Crippen LogP contribution in [0, 0.1) is 12.8 Å². The minimum Gasteiger partial charge on any atom is -0.373 e. The Morgan fingerprint density at radius 1 is 1.15 bits per heavy atom. The second kappa shape index (κ2) is 12.0. The minimum atomic E-state index is 0.154. The average Bonchev–Trinajstić information content (AvgIpc) is 2.70. The summed E-state index contributed by atoms with van der Waals surface area (Å²) >= 11 is 0. The van der Waals surface area contributed by atoms with Crippen molar-refractivity contribution in [3.05, 3.63) is 35.4 Å². The van der Waals surface area contributed by atoms with Crippen molar-refractivity contribution in [1.29, 1.82) is 0 Å². The molecule has 1 saturated heterocycles. The third-order valence-corrected chi connectivity index (χ3v) is 5.29. The number of aryl methyl sites for hydroxylation is 1. The van der Waals surface area contributed by atoms with E-state index in [9.17, 15) is 0 Å². The van der Waals surface area contributed by atoms with Crippen molar-refractivity contribution in [1.82, 2.24) is 15.5 Å². The van der Waals surface area contributed by atoms with Gasteiger partial charge in [-0.05, 0) is 45.3 Å². The zero-order chi connectivity index (χ0) is 19.5. The number of benzene rings is 1. The lowest BCUT2D eigenvalue weighted by Crippen LogP contribution is -2.42. The highest BCUT2D eigenvalue weighted by Gasteiger charge is 2.27. The smallest absolute Gasteiger partial charge is 0.191 e. The Morgan fingerprint density at radius 2 is 1.89 bits per heavy atom. The topological polar surface area (TPSA) is 48.9 Å². The highest BCUT2D eigenvalue weighted by Crippen LogP contribution is 2.33. The molecule has 1 aromatic carbocycles. The summed E-state index contributed by atoms with van der Waals surface area (Å²) in [5.74, 6) is 1.34. The molecule has 27 heavy (non-hydrogen) atoms. The van der Waals surface area contributed by atoms with Crippen molar-refractivity contribution in [2.75, 3.05) is 45.9 Å². The molecule has 0 saturated carbocycles. The molecule has 5 heteroatoms. The number of hydrogen-bond donors (Lipinski definition) is 2. The van der Waals surface area contributed by atoms with Crippen LogP contribution in [0.4, 0.5) is 0 Å². The van der Waals surface area contributed by atoms with Crippen molar-refractivity contribution >= 4 is 5.96 Å². The molecule has 0 aromatic heterocycles. The van der Waals surface area contributed by atoms with Gasteiger partial charge >= 0.3 is 0 Å². The van der Waals surface area contributed by atoms with Crippen LogP contribution in [-0.4, -0.2) is 56.7 Å². The molecule has 5 nitrogen and oxygen atoms in total. The minimum absolute atomic E-state index is 0.154. The highest BCUT2D eigenvalue weighted by molar-refractivity contribution is 5.79. The third-order valence-electron chi connectivity index (χ3n) is 5.29. The number of likely N-dealkylation sites (N-methyl/N-ethyl adjacent to an activating group) is 1. The first-order chi connectivity index (χ1) is 13.2. The molecule has 0 aliphatic carbocycles. The Bertz CT molecular complexity index is 554. The second-order valence-corrected chi connectivity index (χ2v) is 7.28. The molecular formula is C22H38N4O. The van der Waals surface area contributed by atoms with E-state index in [4.69, 9.17) is 9.73 Å². The van der Waals surface area contributed by atoms with Crippen LogP contribution in [0.3, 0.4) is 0 Å². The Hall–Kier alpha value is -1.59. The number of guanidine groups is 1. The summed E-state index contributed by atoms with van der Waals surface area (Å²) in [4.78, 5) is 7.29. The number of rotatable bonds is 9. The molecule has 2 atom stereocenters. The van der Waals surface area contributed by atoms with Crippen LogP contribution in [0.1, 0.15) is 50.8 Å². The number of ether oxygens (including phenoxy) is 1. The summed E-state index contributed by atoms with van der Waals surface area (Å²) in [5.41, 5.74) is 2.57. The van der Waals surface area contributed by atoms with Gasteiger partial charge in [0.05, 0.1) is 6.10 Å². The Kier molecular flexibility index (Phi) is 9.64. The standard InChI is InChI=1S/C22H38N4O/c1-5-23-22(24-14-15-26(6-2)7-3)25-17-20-9-8-16-27-21(20)19-12-10-18(4)11-13-19/h10-13,20-21H,5-9,14-17H2,1-4H3,(H2,23,24,25). The first kappa shape index (κ1) is 21.7. The fourth-order valence-corrected chi connectivity index (χ4v) is 3.58. The molecule has 1 aromatic rings. The molecule has 2 N–H and O–H groups in total. The number of aliphatic imine (C=N–C) groups is 1. The molecule has 1 fully saturated rings. The molecule has 1 heterocycles. The van der Waals surface area contributed by atoms with Crippen molar-refractivity contribution in [2.45, 2.75) is 46.6 Å². The maximum Gasteiger partial charge on any atom is 0.191 e. The quantitative estimate of drug-likeness (QED) is 0.514. The van der Waals surface area contributed by atoms with Gasteiger partial charge in [-0.25, -0.2) is 0 Å². The van der Waals surface area contributed by atoms with Gasteiger partial charge in [-0.2, -0.15) is 0 Å². The van der Waals surface area contributed by atoms with E-state index >= 15 is 0 Å². The summed E-state index contributed by atoms with van der Waals surface area (Å²) in [6.45, 7) is 15.3. The van der Waals surface area contributed by atoms with E-state index in [0.717, 1.165) is 58.3 Å². The van der Waals surface area contributed by atoms with Crippen LogP contribution in [0.2, 0.25) is 0 Å². The van der Waals surface area contributed by atoms with Gasteiger partial charge in [-0.15, -0.1) is 0 Å². The molecule has 0 bridgehead atoms. The second-order valence-electron chi connectivity index (χ2n) is 7.28. The van der Waals surface area contributed by atoms with Gasteiger partial charge in [-0.3, -0.25) is 4.99 Å². The maximum atomic E-state index is 6.13. The summed E-state index contributed by atoms with van der Waals surface area (Å²) in [6.07, 6.45) is 2.44. The molecule has 2 rings (SSSR count). The summed E-state index contributed by atoms with van der Waals surface area (Å²) in [7, 11) is 0. The maximum absolute atomic E-state index is 6.13. The molecule has 0 spiro atoms. The Labute approximate surface area is 165 Å². The van der Waals surface area contributed by atoms with Gasteiger partial charge in [-0.1, -0.05) is 43.7 Å². The number of nitrogens with one attached hydrogen (secondary N) is 2. The lowest BCUT2D eigenvalue weighted by molar-refractivity contribution is -0.0250. The molecule has 1 aliphatic heterocycles. The van der Waals surface area contributed by atoms with Crippen LogP contribution in [0.25, 0.3) is 0 Å². The lowest BCUT2D eigenvalue weighted by atomic mass is 9.89. The highest BCUT2D eigenvalue weighted by atomic mass is 16.5. The van der Waals surface area contributed by atoms with Crippen molar-refractivity contribution in [2.24, 2.45) is 10.9 Å². The largest absolute Gasteiger partial charge is 0.373 e. The summed E-state index contributed by atoms with van der Waals surface area (Å²) in [6, 6.07) is 8.75. The van der Waals surface area contributed by atoms with Crippen LogP contribution in [-0.2, 0) is 4.74 Å². The fraction of sp³-hybridized carbons (Fsp3) is 0.682.